The van der Waals surface area contributed by atoms with Crippen LogP contribution in [-0.4, -0.2) is 32.6 Å². The van der Waals surface area contributed by atoms with E-state index in [9.17, 15) is 13.2 Å². The monoisotopic (exact) mass is 377 g/mol. The molecule has 0 aromatic heterocycles. The van der Waals surface area contributed by atoms with Crippen LogP contribution in [0.5, 0.6) is 5.75 Å². The maximum absolute atomic E-state index is 12.3. The molecule has 2 N–H and O–H groups in total. The second-order valence-corrected chi connectivity index (χ2v) is 7.55. The Labute approximate surface area is 153 Å². The van der Waals surface area contributed by atoms with Gasteiger partial charge < -0.3 is 9.84 Å². The molecule has 0 aliphatic heterocycles. The van der Waals surface area contributed by atoms with Gasteiger partial charge in [-0.15, -0.1) is 0 Å². The number of unbranched alkanes of at least 4 members (excludes halogenated alkanes) is 1. The van der Waals surface area contributed by atoms with Crippen molar-refractivity contribution in [2.45, 2.75) is 31.1 Å². The zero-order chi connectivity index (χ0) is 19.0. The minimum absolute atomic E-state index is 0.112. The lowest BCUT2D eigenvalue weighted by Crippen LogP contribution is -2.26. The average Bonchev–Trinajstić information content (AvgIpc) is 2.62. The van der Waals surface area contributed by atoms with Crippen molar-refractivity contribution in [2.75, 3.05) is 13.2 Å². The van der Waals surface area contributed by atoms with Crippen molar-refractivity contribution in [1.29, 1.82) is 0 Å². The molecular weight excluding hydrogens is 354 g/mol. The fraction of sp³-hybridized carbons (Fsp3) is 0.316. The Bertz CT molecular complexity index is 831. The molecule has 0 radical (unpaired) electrons. The Morgan fingerprint density at radius 2 is 1.81 bits per heavy atom. The lowest BCUT2D eigenvalue weighted by atomic mass is 10.1. The van der Waals surface area contributed by atoms with Crippen LogP contribution < -0.4 is 9.46 Å². The van der Waals surface area contributed by atoms with E-state index in [1.54, 1.807) is 30.3 Å². The summed E-state index contributed by atoms with van der Waals surface area (Å²) in [5, 5.41) is 9.16. The molecule has 140 valence electrons. The maximum Gasteiger partial charge on any atom is 0.335 e. The molecule has 0 saturated carbocycles. The molecule has 0 aliphatic carbocycles. The summed E-state index contributed by atoms with van der Waals surface area (Å²) < 4.78 is 32.7. The van der Waals surface area contributed by atoms with E-state index in [4.69, 9.17) is 9.84 Å². The number of ether oxygens (including phenoxy) is 1. The number of carbonyl (C=O) groups is 1. The largest absolute Gasteiger partial charge is 0.494 e. The lowest BCUT2D eigenvalue weighted by Gasteiger charge is -2.10. The van der Waals surface area contributed by atoms with Gasteiger partial charge in [-0.1, -0.05) is 31.5 Å². The summed E-state index contributed by atoms with van der Waals surface area (Å²) in [4.78, 5) is 11.3. The molecule has 0 unspecified atom stereocenters. The van der Waals surface area contributed by atoms with E-state index in [2.05, 4.69) is 11.6 Å². The van der Waals surface area contributed by atoms with E-state index in [1.807, 2.05) is 0 Å². The van der Waals surface area contributed by atoms with E-state index in [-0.39, 0.29) is 17.0 Å². The van der Waals surface area contributed by atoms with Crippen molar-refractivity contribution in [3.8, 4) is 5.75 Å². The standard InChI is InChI=1S/C19H23NO5S/c1-2-3-14-25-16-8-10-17(11-9-16)26(23,24)20-13-12-15-6-4-5-7-18(15)19(21)22/h4-11,20H,2-3,12-14H2,1H3,(H,21,22). The van der Waals surface area contributed by atoms with Crippen LogP contribution in [0.1, 0.15) is 35.7 Å². The van der Waals surface area contributed by atoms with Gasteiger partial charge in [-0.25, -0.2) is 17.9 Å². The first-order valence-corrected chi connectivity index (χ1v) is 9.96. The summed E-state index contributed by atoms with van der Waals surface area (Å²) in [5.41, 5.74) is 0.766. The average molecular weight is 377 g/mol. The summed E-state index contributed by atoms with van der Waals surface area (Å²) >= 11 is 0. The predicted molar refractivity (Wildman–Crippen MR) is 99.1 cm³/mol. The van der Waals surface area contributed by atoms with Gasteiger partial charge in [-0.2, -0.15) is 0 Å². The van der Waals surface area contributed by atoms with E-state index < -0.39 is 16.0 Å². The number of rotatable bonds is 10. The van der Waals surface area contributed by atoms with Crippen molar-refractivity contribution >= 4 is 16.0 Å². The molecule has 2 aromatic rings. The highest BCUT2D eigenvalue weighted by Crippen LogP contribution is 2.16. The Morgan fingerprint density at radius 3 is 2.46 bits per heavy atom. The van der Waals surface area contributed by atoms with Crippen LogP contribution in [0, 0.1) is 0 Å². The van der Waals surface area contributed by atoms with Gasteiger partial charge in [0.15, 0.2) is 0 Å². The summed E-state index contributed by atoms with van der Waals surface area (Å²) in [5.74, 6) is -0.394. The van der Waals surface area contributed by atoms with Crippen molar-refractivity contribution in [3.63, 3.8) is 0 Å². The Morgan fingerprint density at radius 1 is 1.12 bits per heavy atom. The molecule has 26 heavy (non-hydrogen) atoms. The van der Waals surface area contributed by atoms with Crippen LogP contribution in [0.2, 0.25) is 0 Å². The van der Waals surface area contributed by atoms with E-state index >= 15 is 0 Å². The number of nitrogens with one attached hydrogen (secondary N) is 1. The number of aromatic carboxylic acids is 1. The topological polar surface area (TPSA) is 92.7 Å². The minimum atomic E-state index is -3.66. The predicted octanol–water partition coefficient (Wildman–Crippen LogP) is 3.08. The molecule has 2 rings (SSSR count). The van der Waals surface area contributed by atoms with Gasteiger partial charge in [0, 0.05) is 6.54 Å². The van der Waals surface area contributed by atoms with Crippen LogP contribution in [0.15, 0.2) is 53.4 Å². The number of sulfonamides is 1. The number of carboxylic acids is 1. The molecule has 0 aliphatic rings. The van der Waals surface area contributed by atoms with E-state index in [0.29, 0.717) is 24.3 Å². The molecule has 0 bridgehead atoms. The van der Waals surface area contributed by atoms with Crippen molar-refractivity contribution < 1.29 is 23.1 Å². The number of hydrogen-bond acceptors (Lipinski definition) is 4. The molecule has 0 atom stereocenters. The number of benzene rings is 2. The summed E-state index contributed by atoms with van der Waals surface area (Å²) in [6.07, 6.45) is 2.26. The molecule has 2 aromatic carbocycles. The van der Waals surface area contributed by atoms with Crippen molar-refractivity contribution in [1.82, 2.24) is 4.72 Å². The van der Waals surface area contributed by atoms with Gasteiger partial charge >= 0.3 is 5.97 Å². The smallest absolute Gasteiger partial charge is 0.335 e. The van der Waals surface area contributed by atoms with Gasteiger partial charge in [0.25, 0.3) is 0 Å². The fourth-order valence-corrected chi connectivity index (χ4v) is 3.43. The quantitative estimate of drug-likeness (QED) is 0.621. The van der Waals surface area contributed by atoms with E-state index in [0.717, 1.165) is 12.8 Å². The maximum atomic E-state index is 12.3. The third-order valence-corrected chi connectivity index (χ3v) is 5.31. The number of carboxylic acid groups (broad SMARTS) is 1. The molecule has 0 saturated heterocycles. The fourth-order valence-electron chi connectivity index (χ4n) is 2.40. The Kier molecular flexibility index (Phi) is 7.17. The first-order chi connectivity index (χ1) is 12.4. The zero-order valence-corrected chi connectivity index (χ0v) is 15.5. The van der Waals surface area contributed by atoms with Crippen molar-refractivity contribution in [3.05, 3.63) is 59.7 Å². The highest BCUT2D eigenvalue weighted by atomic mass is 32.2. The third kappa shape index (κ3) is 5.57. The van der Waals surface area contributed by atoms with Crippen LogP contribution in [0.3, 0.4) is 0 Å². The molecule has 0 spiro atoms. The van der Waals surface area contributed by atoms with Gasteiger partial charge in [-0.3, -0.25) is 0 Å². The highest BCUT2D eigenvalue weighted by Gasteiger charge is 2.15. The third-order valence-electron chi connectivity index (χ3n) is 3.83. The molecule has 0 heterocycles. The Balaban J connectivity index is 1.95. The molecule has 6 nitrogen and oxygen atoms in total. The summed E-state index contributed by atoms with van der Waals surface area (Å²) in [6.45, 7) is 2.78. The molecular formula is C19H23NO5S. The zero-order valence-electron chi connectivity index (χ0n) is 14.6. The van der Waals surface area contributed by atoms with Gasteiger partial charge in [0.2, 0.25) is 10.0 Å². The van der Waals surface area contributed by atoms with E-state index in [1.165, 1.54) is 18.2 Å². The second kappa shape index (κ2) is 9.35. The van der Waals surface area contributed by atoms with Crippen LogP contribution in [0.4, 0.5) is 0 Å². The first-order valence-electron chi connectivity index (χ1n) is 8.48. The second-order valence-electron chi connectivity index (χ2n) is 5.78. The van der Waals surface area contributed by atoms with Gasteiger partial charge in [0.1, 0.15) is 5.75 Å². The molecule has 7 heteroatoms. The van der Waals surface area contributed by atoms with Crippen LogP contribution in [0.25, 0.3) is 0 Å². The molecule has 0 fully saturated rings. The highest BCUT2D eigenvalue weighted by molar-refractivity contribution is 7.89. The minimum Gasteiger partial charge on any atom is -0.494 e. The normalized spacial score (nSPS) is 11.3. The molecule has 0 amide bonds. The SMILES string of the molecule is CCCCOc1ccc(S(=O)(=O)NCCc2ccccc2C(=O)O)cc1. The first kappa shape index (κ1) is 19.9. The number of hydrogen-bond donors (Lipinski definition) is 2. The lowest BCUT2D eigenvalue weighted by molar-refractivity contribution is 0.0695. The van der Waals surface area contributed by atoms with Gasteiger partial charge in [-0.05, 0) is 48.7 Å². The van der Waals surface area contributed by atoms with Crippen LogP contribution >= 0.6 is 0 Å². The van der Waals surface area contributed by atoms with Crippen molar-refractivity contribution in [2.24, 2.45) is 0 Å². The summed E-state index contributed by atoms with van der Waals surface area (Å²) in [7, 11) is -3.66. The Hall–Kier alpha value is -2.38. The van der Waals surface area contributed by atoms with Gasteiger partial charge in [0.05, 0.1) is 17.1 Å². The summed E-state index contributed by atoms with van der Waals surface area (Å²) in [6, 6.07) is 12.8. The van der Waals surface area contributed by atoms with Crippen LogP contribution in [-0.2, 0) is 16.4 Å².